The van der Waals surface area contributed by atoms with E-state index in [4.69, 9.17) is 5.73 Å². The van der Waals surface area contributed by atoms with Gasteiger partial charge >= 0.3 is 0 Å². The van der Waals surface area contributed by atoms with Crippen LogP contribution in [0, 0.1) is 5.41 Å². The van der Waals surface area contributed by atoms with Crippen LogP contribution in [0.4, 0.5) is 4.39 Å². The maximum absolute atomic E-state index is 13.3. The van der Waals surface area contributed by atoms with E-state index in [9.17, 15) is 4.39 Å². The van der Waals surface area contributed by atoms with Crippen LogP contribution >= 0.6 is 0 Å². The fraction of sp³-hybridized carbons (Fsp3) is 1.00. The van der Waals surface area contributed by atoms with Crippen LogP contribution < -0.4 is 11.1 Å². The maximum Gasteiger partial charge on any atom is 0.104 e. The van der Waals surface area contributed by atoms with E-state index in [2.05, 4.69) is 5.32 Å². The third-order valence-electron chi connectivity index (χ3n) is 2.99. The van der Waals surface area contributed by atoms with Gasteiger partial charge in [0.25, 0.3) is 0 Å². The van der Waals surface area contributed by atoms with E-state index in [-0.39, 0.29) is 5.41 Å². The van der Waals surface area contributed by atoms with Gasteiger partial charge in [-0.15, -0.1) is 0 Å². The van der Waals surface area contributed by atoms with Crippen LogP contribution in [0.2, 0.25) is 0 Å². The van der Waals surface area contributed by atoms with Gasteiger partial charge in [0.15, 0.2) is 0 Å². The molecule has 3 N–H and O–H groups in total. The number of hydrogen-bond acceptors (Lipinski definition) is 2. The fourth-order valence-corrected chi connectivity index (χ4v) is 2.03. The Kier molecular flexibility index (Phi) is 3.47. The highest BCUT2D eigenvalue weighted by atomic mass is 19.1. The van der Waals surface area contributed by atoms with E-state index in [1.165, 1.54) is 0 Å². The van der Waals surface area contributed by atoms with Crippen molar-refractivity contribution in [3.05, 3.63) is 0 Å². The van der Waals surface area contributed by atoms with Gasteiger partial charge in [0.05, 0.1) is 0 Å². The maximum atomic E-state index is 13.3. The Hall–Kier alpha value is -0.150. The third kappa shape index (κ3) is 1.96. The van der Waals surface area contributed by atoms with Gasteiger partial charge in [0.2, 0.25) is 0 Å². The van der Waals surface area contributed by atoms with Crippen LogP contribution in [0.25, 0.3) is 0 Å². The second-order valence-corrected chi connectivity index (χ2v) is 3.80. The van der Waals surface area contributed by atoms with Gasteiger partial charge in [-0.2, -0.15) is 0 Å². The smallest absolute Gasteiger partial charge is 0.104 e. The lowest BCUT2D eigenvalue weighted by molar-refractivity contribution is 0.0785. The SMILES string of the molecule is CC(F)C1(CCN)CCCNC1. The predicted octanol–water partition coefficient (Wildman–Crippen LogP) is 1.06. The molecular weight excluding hydrogens is 155 g/mol. The molecule has 2 unspecified atom stereocenters. The first-order valence-electron chi connectivity index (χ1n) is 4.76. The summed E-state index contributed by atoms with van der Waals surface area (Å²) in [5.41, 5.74) is 5.31. The summed E-state index contributed by atoms with van der Waals surface area (Å²) in [5, 5.41) is 3.25. The number of nitrogens with two attached hydrogens (primary N) is 1. The summed E-state index contributed by atoms with van der Waals surface area (Å²) in [4.78, 5) is 0. The topological polar surface area (TPSA) is 38.0 Å². The summed E-state index contributed by atoms with van der Waals surface area (Å²) in [7, 11) is 0. The minimum Gasteiger partial charge on any atom is -0.330 e. The standard InChI is InChI=1S/C9H19FN2/c1-8(10)9(4-5-11)3-2-6-12-7-9/h8,12H,2-7,11H2,1H3. The van der Waals surface area contributed by atoms with Crippen LogP contribution in [0.1, 0.15) is 26.2 Å². The van der Waals surface area contributed by atoms with Gasteiger partial charge in [0, 0.05) is 12.0 Å². The molecule has 0 spiro atoms. The van der Waals surface area contributed by atoms with E-state index in [0.717, 1.165) is 32.4 Å². The van der Waals surface area contributed by atoms with E-state index < -0.39 is 6.17 Å². The Morgan fingerprint density at radius 1 is 1.67 bits per heavy atom. The molecule has 1 fully saturated rings. The van der Waals surface area contributed by atoms with Crippen LogP contribution in [0.15, 0.2) is 0 Å². The van der Waals surface area contributed by atoms with E-state index in [1.807, 2.05) is 0 Å². The van der Waals surface area contributed by atoms with Crippen molar-refractivity contribution in [2.75, 3.05) is 19.6 Å². The molecule has 1 aliphatic heterocycles. The van der Waals surface area contributed by atoms with Gasteiger partial charge in [-0.1, -0.05) is 0 Å². The average Bonchev–Trinajstić information content (AvgIpc) is 2.06. The molecular formula is C9H19FN2. The second-order valence-electron chi connectivity index (χ2n) is 3.80. The molecule has 3 heteroatoms. The zero-order valence-corrected chi connectivity index (χ0v) is 7.78. The molecule has 1 saturated heterocycles. The molecule has 1 rings (SSSR count). The summed E-state index contributed by atoms with van der Waals surface area (Å²) in [6.07, 6.45) is 2.12. The second kappa shape index (κ2) is 4.19. The summed E-state index contributed by atoms with van der Waals surface area (Å²) in [5.74, 6) is 0. The van der Waals surface area contributed by atoms with Crippen molar-refractivity contribution in [1.29, 1.82) is 0 Å². The Bertz CT molecular complexity index is 125. The summed E-state index contributed by atoms with van der Waals surface area (Å²) >= 11 is 0. The molecule has 0 radical (unpaired) electrons. The average molecular weight is 174 g/mol. The molecule has 0 amide bonds. The van der Waals surface area contributed by atoms with Crippen molar-refractivity contribution in [2.45, 2.75) is 32.4 Å². The van der Waals surface area contributed by atoms with Crippen molar-refractivity contribution in [3.8, 4) is 0 Å². The fourth-order valence-electron chi connectivity index (χ4n) is 2.03. The van der Waals surface area contributed by atoms with Gasteiger partial charge in [-0.25, -0.2) is 4.39 Å². The van der Waals surface area contributed by atoms with E-state index >= 15 is 0 Å². The summed E-state index contributed by atoms with van der Waals surface area (Å²) in [6.45, 7) is 4.07. The van der Waals surface area contributed by atoms with Gasteiger partial charge in [0.1, 0.15) is 6.17 Å². The predicted molar refractivity (Wildman–Crippen MR) is 48.8 cm³/mol. The number of rotatable bonds is 3. The molecule has 0 aromatic rings. The lowest BCUT2D eigenvalue weighted by Gasteiger charge is -2.38. The molecule has 12 heavy (non-hydrogen) atoms. The third-order valence-corrected chi connectivity index (χ3v) is 2.99. The molecule has 1 aliphatic rings. The first-order chi connectivity index (χ1) is 5.71. The monoisotopic (exact) mass is 174 g/mol. The molecule has 0 aliphatic carbocycles. The van der Waals surface area contributed by atoms with Crippen molar-refractivity contribution in [1.82, 2.24) is 5.32 Å². The minimum absolute atomic E-state index is 0.174. The number of alkyl halides is 1. The number of piperidine rings is 1. The summed E-state index contributed by atoms with van der Waals surface area (Å²) < 4.78 is 13.3. The minimum atomic E-state index is -0.742. The van der Waals surface area contributed by atoms with Crippen LogP contribution in [0.3, 0.4) is 0 Å². The van der Waals surface area contributed by atoms with E-state index in [0.29, 0.717) is 6.54 Å². The molecule has 0 aromatic heterocycles. The van der Waals surface area contributed by atoms with Crippen LogP contribution in [-0.2, 0) is 0 Å². The molecule has 0 saturated carbocycles. The molecule has 72 valence electrons. The number of hydrogen-bond donors (Lipinski definition) is 2. The lowest BCUT2D eigenvalue weighted by atomic mass is 9.74. The first-order valence-corrected chi connectivity index (χ1v) is 4.76. The number of nitrogens with one attached hydrogen (secondary N) is 1. The Balaban J connectivity index is 2.56. The quantitative estimate of drug-likeness (QED) is 0.671. The lowest BCUT2D eigenvalue weighted by Crippen LogP contribution is -2.46. The zero-order chi connectivity index (χ0) is 9.03. The van der Waals surface area contributed by atoms with Crippen LogP contribution in [0.5, 0.6) is 0 Å². The van der Waals surface area contributed by atoms with E-state index in [1.54, 1.807) is 6.92 Å². The highest BCUT2D eigenvalue weighted by molar-refractivity contribution is 4.89. The Morgan fingerprint density at radius 3 is 2.83 bits per heavy atom. The highest BCUT2D eigenvalue weighted by Gasteiger charge is 2.36. The zero-order valence-electron chi connectivity index (χ0n) is 7.78. The first kappa shape index (κ1) is 9.93. The summed E-state index contributed by atoms with van der Waals surface area (Å²) in [6, 6.07) is 0. The Morgan fingerprint density at radius 2 is 2.42 bits per heavy atom. The van der Waals surface area contributed by atoms with Crippen LogP contribution in [-0.4, -0.2) is 25.8 Å². The molecule has 2 nitrogen and oxygen atoms in total. The van der Waals surface area contributed by atoms with Crippen molar-refractivity contribution in [3.63, 3.8) is 0 Å². The normalized spacial score (nSPS) is 33.2. The number of halogens is 1. The van der Waals surface area contributed by atoms with Crippen molar-refractivity contribution >= 4 is 0 Å². The molecule has 0 bridgehead atoms. The Labute approximate surface area is 73.7 Å². The van der Waals surface area contributed by atoms with Crippen molar-refractivity contribution in [2.24, 2.45) is 11.1 Å². The molecule has 0 aromatic carbocycles. The van der Waals surface area contributed by atoms with Gasteiger partial charge < -0.3 is 11.1 Å². The van der Waals surface area contributed by atoms with Gasteiger partial charge in [-0.3, -0.25) is 0 Å². The highest BCUT2D eigenvalue weighted by Crippen LogP contribution is 2.35. The van der Waals surface area contributed by atoms with Crippen molar-refractivity contribution < 1.29 is 4.39 Å². The van der Waals surface area contributed by atoms with Gasteiger partial charge in [-0.05, 0) is 39.3 Å². The largest absolute Gasteiger partial charge is 0.330 e. The molecule has 2 atom stereocenters. The molecule has 1 heterocycles.